The van der Waals surface area contributed by atoms with Crippen molar-refractivity contribution in [3.63, 3.8) is 0 Å². The summed E-state index contributed by atoms with van der Waals surface area (Å²) in [7, 11) is 6.75. The van der Waals surface area contributed by atoms with Gasteiger partial charge in [-0.05, 0) is 51.4 Å². The van der Waals surface area contributed by atoms with Crippen molar-refractivity contribution in [3.8, 4) is 23.0 Å². The molecule has 0 aliphatic carbocycles. The molecule has 0 aromatic heterocycles. The van der Waals surface area contributed by atoms with E-state index in [1.54, 1.807) is 34.2 Å². The van der Waals surface area contributed by atoms with Gasteiger partial charge in [0.1, 0.15) is 6.54 Å². The largest absolute Gasteiger partial charge is 1.00 e. The molecular formula is C24H26ClNO4. The Morgan fingerprint density at radius 3 is 1.63 bits per heavy atom. The third-order valence-corrected chi connectivity index (χ3v) is 6.42. The van der Waals surface area contributed by atoms with Crippen LogP contribution in [0, 0.1) is 0 Å². The Labute approximate surface area is 182 Å². The molecule has 3 aromatic rings. The number of hydrogen-bond acceptors (Lipinski definition) is 4. The summed E-state index contributed by atoms with van der Waals surface area (Å²) in [6.45, 7) is 2.09. The maximum atomic E-state index is 5.63. The van der Waals surface area contributed by atoms with Crippen LogP contribution in [0.5, 0.6) is 23.0 Å². The normalized spacial score (nSPS) is 14.9. The predicted octanol–water partition coefficient (Wildman–Crippen LogP) is 1.33. The minimum atomic E-state index is 0. The van der Waals surface area contributed by atoms with Crippen molar-refractivity contribution >= 4 is 27.3 Å². The van der Waals surface area contributed by atoms with Gasteiger partial charge in [-0.25, -0.2) is 4.58 Å². The van der Waals surface area contributed by atoms with Crippen molar-refractivity contribution < 1.29 is 35.9 Å². The first-order chi connectivity index (χ1) is 14.2. The van der Waals surface area contributed by atoms with Crippen molar-refractivity contribution in [1.29, 1.82) is 0 Å². The quantitative estimate of drug-likeness (QED) is 0.465. The van der Waals surface area contributed by atoms with Gasteiger partial charge in [0, 0.05) is 18.4 Å². The van der Waals surface area contributed by atoms with E-state index in [0.29, 0.717) is 0 Å². The minimum Gasteiger partial charge on any atom is -1.00 e. The zero-order chi connectivity index (χ0) is 20.1. The molecule has 158 valence electrons. The Morgan fingerprint density at radius 2 is 1.13 bits per heavy atom. The molecule has 0 atom stereocenters. The van der Waals surface area contributed by atoms with Gasteiger partial charge in [0.25, 0.3) is 0 Å². The van der Waals surface area contributed by atoms with E-state index in [0.717, 1.165) is 53.3 Å². The van der Waals surface area contributed by atoms with E-state index >= 15 is 0 Å². The van der Waals surface area contributed by atoms with Crippen molar-refractivity contribution in [1.82, 2.24) is 0 Å². The molecular weight excluding hydrogens is 402 g/mol. The van der Waals surface area contributed by atoms with E-state index in [1.807, 2.05) is 0 Å². The molecule has 2 aliphatic rings. The second-order valence-electron chi connectivity index (χ2n) is 7.73. The molecule has 5 nitrogen and oxygen atoms in total. The van der Waals surface area contributed by atoms with Crippen LogP contribution in [0.1, 0.15) is 24.0 Å². The van der Waals surface area contributed by atoms with Crippen LogP contribution in [0.2, 0.25) is 0 Å². The van der Waals surface area contributed by atoms with E-state index in [1.165, 1.54) is 34.7 Å². The Balaban J connectivity index is 0.00000218. The Kier molecular flexibility index (Phi) is 5.41. The summed E-state index contributed by atoms with van der Waals surface area (Å²) < 4.78 is 25.0. The number of hydrogen-bond donors (Lipinski definition) is 0. The van der Waals surface area contributed by atoms with Gasteiger partial charge in [-0.3, -0.25) is 0 Å². The van der Waals surface area contributed by atoms with Gasteiger partial charge >= 0.3 is 0 Å². The first-order valence-corrected chi connectivity index (χ1v) is 10.0. The number of nitrogens with zero attached hydrogens (tertiary/aromatic N) is 1. The average molecular weight is 428 g/mol. The lowest BCUT2D eigenvalue weighted by Gasteiger charge is -2.22. The van der Waals surface area contributed by atoms with E-state index in [2.05, 4.69) is 28.8 Å². The molecule has 2 heterocycles. The third-order valence-electron chi connectivity index (χ3n) is 6.42. The van der Waals surface area contributed by atoms with E-state index < -0.39 is 0 Å². The number of methoxy groups -OCH3 is 4. The van der Waals surface area contributed by atoms with Gasteiger partial charge in [-0.15, -0.1) is 0 Å². The summed E-state index contributed by atoms with van der Waals surface area (Å²) in [5.41, 5.74) is 4.33. The zero-order valence-corrected chi connectivity index (χ0v) is 18.6. The first-order valence-electron chi connectivity index (χ1n) is 10.0. The van der Waals surface area contributed by atoms with Gasteiger partial charge in [0.15, 0.2) is 35.3 Å². The average Bonchev–Trinajstić information content (AvgIpc) is 3.23. The lowest BCUT2D eigenvalue weighted by molar-refractivity contribution is -0.538. The van der Waals surface area contributed by atoms with Gasteiger partial charge in [0.05, 0.1) is 34.9 Å². The Hall–Kier alpha value is -2.66. The van der Waals surface area contributed by atoms with Crippen LogP contribution in [0.4, 0.5) is 0 Å². The van der Waals surface area contributed by atoms with Gasteiger partial charge < -0.3 is 31.4 Å². The molecule has 6 heteroatoms. The van der Waals surface area contributed by atoms with Crippen LogP contribution < -0.4 is 31.4 Å². The van der Waals surface area contributed by atoms with Crippen molar-refractivity contribution in [2.24, 2.45) is 0 Å². The fourth-order valence-electron chi connectivity index (χ4n) is 4.99. The standard InChI is InChI=1S/C24H26NO4.ClH/c1-26-21-9-16-15-8-14-6-5-7-25(14)13-20(15)19-12-24(29-4)23(28-3)11-18(19)17(16)10-22(21)27-2;/h9-12H,5-8,13H2,1-4H3;1H/q+1;/p-1. The van der Waals surface area contributed by atoms with Crippen molar-refractivity contribution in [3.05, 3.63) is 35.4 Å². The summed E-state index contributed by atoms with van der Waals surface area (Å²) in [6, 6.07) is 8.44. The molecule has 30 heavy (non-hydrogen) atoms. The monoisotopic (exact) mass is 427 g/mol. The Bertz CT molecular complexity index is 1090. The summed E-state index contributed by atoms with van der Waals surface area (Å²) in [5.74, 6) is 3.00. The highest BCUT2D eigenvalue weighted by atomic mass is 35.5. The molecule has 5 rings (SSSR count). The third kappa shape index (κ3) is 2.95. The van der Waals surface area contributed by atoms with Gasteiger partial charge in [-0.1, -0.05) is 0 Å². The number of fused-ring (bicyclic) bond motifs is 6. The molecule has 2 aliphatic heterocycles. The summed E-state index contributed by atoms with van der Waals surface area (Å²) in [4.78, 5) is 0. The fourth-order valence-corrected chi connectivity index (χ4v) is 4.99. The number of rotatable bonds is 4. The lowest BCUT2D eigenvalue weighted by Crippen LogP contribution is -3.00. The highest BCUT2D eigenvalue weighted by Crippen LogP contribution is 2.44. The van der Waals surface area contributed by atoms with Crippen molar-refractivity contribution in [2.75, 3.05) is 35.0 Å². The SMILES string of the molecule is COc1cc2c3c(c4cc(OC)c(OC)cc4c2cc1OC)C[N+]1=C(CCC1)C3.[Cl-]. The van der Waals surface area contributed by atoms with Gasteiger partial charge in [-0.2, -0.15) is 0 Å². The maximum absolute atomic E-state index is 5.63. The maximum Gasteiger partial charge on any atom is 0.169 e. The molecule has 0 amide bonds. The number of benzene rings is 3. The summed E-state index contributed by atoms with van der Waals surface area (Å²) >= 11 is 0. The number of ether oxygens (including phenoxy) is 4. The smallest absolute Gasteiger partial charge is 0.169 e. The molecule has 0 radical (unpaired) electrons. The predicted molar refractivity (Wildman–Crippen MR) is 114 cm³/mol. The van der Waals surface area contributed by atoms with Crippen LogP contribution in [0.3, 0.4) is 0 Å². The van der Waals surface area contributed by atoms with Crippen LogP contribution in [-0.4, -0.2) is 45.3 Å². The molecule has 0 saturated heterocycles. The Morgan fingerprint density at radius 1 is 0.667 bits per heavy atom. The van der Waals surface area contributed by atoms with E-state index in [4.69, 9.17) is 18.9 Å². The first kappa shape index (κ1) is 20.6. The topological polar surface area (TPSA) is 39.9 Å². The molecule has 0 saturated carbocycles. The molecule has 0 fully saturated rings. The van der Waals surface area contributed by atoms with E-state index in [-0.39, 0.29) is 12.4 Å². The van der Waals surface area contributed by atoms with E-state index in [9.17, 15) is 0 Å². The zero-order valence-electron chi connectivity index (χ0n) is 17.8. The van der Waals surface area contributed by atoms with Crippen LogP contribution in [0.15, 0.2) is 24.3 Å². The van der Waals surface area contributed by atoms with Crippen LogP contribution in [0.25, 0.3) is 21.5 Å². The second kappa shape index (κ2) is 7.88. The fraction of sp³-hybridized carbons (Fsp3) is 0.375. The molecule has 3 aromatic carbocycles. The molecule has 0 unspecified atom stereocenters. The van der Waals surface area contributed by atoms with Crippen LogP contribution in [-0.2, 0) is 13.0 Å². The molecule has 0 bridgehead atoms. The number of halogens is 1. The summed E-state index contributed by atoms with van der Waals surface area (Å²) in [5, 5.41) is 4.77. The van der Waals surface area contributed by atoms with Crippen LogP contribution >= 0.6 is 0 Å². The summed E-state index contributed by atoms with van der Waals surface area (Å²) in [6.07, 6.45) is 3.43. The lowest BCUT2D eigenvalue weighted by atomic mass is 9.86. The van der Waals surface area contributed by atoms with Gasteiger partial charge in [0.2, 0.25) is 0 Å². The highest BCUT2D eigenvalue weighted by molar-refractivity contribution is 6.13. The minimum absolute atomic E-state index is 0. The molecule has 0 spiro atoms. The second-order valence-corrected chi connectivity index (χ2v) is 7.73. The highest BCUT2D eigenvalue weighted by Gasteiger charge is 2.32. The molecule has 0 N–H and O–H groups in total. The van der Waals surface area contributed by atoms with Crippen molar-refractivity contribution in [2.45, 2.75) is 25.8 Å².